The second kappa shape index (κ2) is 13.3. The van der Waals surface area contributed by atoms with Crippen LogP contribution in [0.2, 0.25) is 13.1 Å². The average Bonchev–Trinajstić information content (AvgIpc) is 3.25. The van der Waals surface area contributed by atoms with Crippen molar-refractivity contribution >= 4 is 18.3 Å². The molecular weight excluding hydrogens is 452 g/mol. The molecule has 0 radical (unpaired) electrons. The van der Waals surface area contributed by atoms with Gasteiger partial charge in [0.25, 0.3) is 0 Å². The van der Waals surface area contributed by atoms with E-state index in [0.29, 0.717) is 25.0 Å². The summed E-state index contributed by atoms with van der Waals surface area (Å²) < 4.78 is 6.72. The number of allylic oxidation sites excluding steroid dienone is 4. The summed E-state index contributed by atoms with van der Waals surface area (Å²) in [6, 6.07) is 29.1. The number of hydrogen-bond donors (Lipinski definition) is 0. The van der Waals surface area contributed by atoms with Gasteiger partial charge in [-0.3, -0.25) is 0 Å². The minimum atomic E-state index is -0.309. The minimum absolute atomic E-state index is 0.290. The van der Waals surface area contributed by atoms with Crippen LogP contribution in [0.15, 0.2) is 109 Å². The van der Waals surface area contributed by atoms with Gasteiger partial charge >= 0.3 is 89.9 Å². The summed E-state index contributed by atoms with van der Waals surface area (Å²) in [7, 11) is 0. The van der Waals surface area contributed by atoms with Crippen molar-refractivity contribution in [1.29, 1.82) is 0 Å². The predicted octanol–water partition coefficient (Wildman–Crippen LogP) is 7.94. The van der Waals surface area contributed by atoms with Gasteiger partial charge in [0.15, 0.2) is 0 Å². The van der Waals surface area contributed by atoms with Gasteiger partial charge in [-0.15, -0.1) is 0 Å². The summed E-state index contributed by atoms with van der Waals surface area (Å²) in [4.78, 5) is 0. The van der Waals surface area contributed by atoms with Crippen molar-refractivity contribution in [3.05, 3.63) is 125 Å². The molecule has 0 bridgehead atoms. The van der Waals surface area contributed by atoms with Crippen LogP contribution in [-0.2, 0) is 18.4 Å². The Hall–Kier alpha value is -2.39. The Labute approximate surface area is 209 Å². The maximum atomic E-state index is 5.87. The van der Waals surface area contributed by atoms with Gasteiger partial charge < -0.3 is 4.74 Å². The fourth-order valence-corrected chi connectivity index (χ4v) is 9.95. The average molecular weight is 487 g/mol. The molecule has 0 heterocycles. The van der Waals surface area contributed by atoms with Gasteiger partial charge in [0.05, 0.1) is 0 Å². The molecule has 0 aromatic heterocycles. The third-order valence-corrected chi connectivity index (χ3v) is 12.1. The third-order valence-electron chi connectivity index (χ3n) is 5.45. The molecule has 0 spiro atoms. The fraction of sp³-hybridized carbons (Fsp3) is 0.200. The van der Waals surface area contributed by atoms with Crippen molar-refractivity contribution in [2.24, 2.45) is 0 Å². The number of para-hydroxylation sites is 1. The first-order valence-corrected chi connectivity index (χ1v) is 18.2. The Balaban J connectivity index is 0.000000203. The van der Waals surface area contributed by atoms with Crippen LogP contribution in [0.25, 0.3) is 11.6 Å². The van der Waals surface area contributed by atoms with Gasteiger partial charge in [-0.1, -0.05) is 66.3 Å². The molecule has 1 nitrogen and oxygen atoms in total. The quantitative estimate of drug-likeness (QED) is 0.243. The van der Waals surface area contributed by atoms with Crippen LogP contribution in [0, 0.1) is 0 Å². The van der Waals surface area contributed by atoms with Crippen LogP contribution >= 0.6 is 0 Å². The SMILES string of the molecule is CC=C(C)C=C(COc1ccccc1)c1ccccc1.C[SiH](C)[Ti][CH]1C=Cc2ccccc21. The molecule has 0 aliphatic heterocycles. The van der Waals surface area contributed by atoms with Gasteiger partial charge in [-0.25, -0.2) is 0 Å². The van der Waals surface area contributed by atoms with E-state index in [9.17, 15) is 0 Å². The normalized spacial score (nSPS) is 15.0. The molecule has 4 rings (SSSR count). The van der Waals surface area contributed by atoms with Crippen LogP contribution in [-0.4, -0.2) is 13.3 Å². The molecule has 0 fully saturated rings. The number of hydrogen-bond acceptors (Lipinski definition) is 1. The van der Waals surface area contributed by atoms with Crippen LogP contribution in [0.1, 0.15) is 34.8 Å². The second-order valence-corrected chi connectivity index (χ2v) is 19.0. The van der Waals surface area contributed by atoms with Gasteiger partial charge in [0.1, 0.15) is 12.4 Å². The number of rotatable bonds is 7. The molecule has 33 heavy (non-hydrogen) atoms. The Kier molecular flexibility index (Phi) is 10.2. The molecule has 3 heteroatoms. The summed E-state index contributed by atoms with van der Waals surface area (Å²) in [5.74, 6) is 0.896. The predicted molar refractivity (Wildman–Crippen MR) is 143 cm³/mol. The molecule has 1 atom stereocenters. The molecule has 0 saturated heterocycles. The molecule has 0 amide bonds. The summed E-state index contributed by atoms with van der Waals surface area (Å²) in [6.45, 7) is 9.37. The fourth-order valence-electron chi connectivity index (χ4n) is 3.65. The summed E-state index contributed by atoms with van der Waals surface area (Å²) in [5, 5.41) is 0. The first-order chi connectivity index (χ1) is 16.1. The Morgan fingerprint density at radius 1 is 0.909 bits per heavy atom. The van der Waals surface area contributed by atoms with Crippen molar-refractivity contribution in [2.45, 2.75) is 31.2 Å². The maximum absolute atomic E-state index is 5.87. The number of ether oxygens (including phenoxy) is 1. The zero-order valence-electron chi connectivity index (χ0n) is 20.2. The summed E-state index contributed by atoms with van der Waals surface area (Å²) >= 11 is 0.290. The van der Waals surface area contributed by atoms with Crippen molar-refractivity contribution in [3.8, 4) is 5.75 Å². The van der Waals surface area contributed by atoms with E-state index in [2.05, 4.69) is 92.9 Å². The van der Waals surface area contributed by atoms with Gasteiger partial charge in [-0.05, 0) is 37.1 Å². The number of benzene rings is 3. The first kappa shape index (κ1) is 25.2. The van der Waals surface area contributed by atoms with Crippen LogP contribution in [0.3, 0.4) is 0 Å². The zero-order valence-corrected chi connectivity index (χ0v) is 22.9. The molecular formula is C30H34OSiTi. The third kappa shape index (κ3) is 8.16. The van der Waals surface area contributed by atoms with Gasteiger partial charge in [0, 0.05) is 0 Å². The van der Waals surface area contributed by atoms with Crippen LogP contribution < -0.4 is 4.74 Å². The van der Waals surface area contributed by atoms with E-state index in [1.807, 2.05) is 43.3 Å². The standard InChI is InChI=1S/C19H20O.C9H7.C2H7Si.Ti/c1-3-16(2)14-18(17-10-6-4-7-11-17)15-20-19-12-8-5-9-13-19;1-2-5-9-7-3-6-8(9)4-1;1-3-2;/h3-14H,15H2,1-2H3;1-7H;3H,1-2H3;. The molecule has 0 saturated carbocycles. The molecule has 168 valence electrons. The Bertz CT molecular complexity index is 1080. The second-order valence-electron chi connectivity index (χ2n) is 8.46. The number of fused-ring (bicyclic) bond motifs is 1. The van der Waals surface area contributed by atoms with E-state index < -0.39 is 0 Å². The van der Waals surface area contributed by atoms with E-state index >= 15 is 0 Å². The van der Waals surface area contributed by atoms with Crippen molar-refractivity contribution in [1.82, 2.24) is 0 Å². The zero-order chi connectivity index (χ0) is 23.5. The van der Waals surface area contributed by atoms with Crippen LogP contribution in [0.5, 0.6) is 5.75 Å². The molecule has 1 aliphatic carbocycles. The molecule has 0 N–H and O–H groups in total. The Morgan fingerprint density at radius 3 is 2.21 bits per heavy atom. The molecule has 3 aromatic rings. The van der Waals surface area contributed by atoms with E-state index in [0.717, 1.165) is 9.97 Å². The van der Waals surface area contributed by atoms with Crippen molar-refractivity contribution < 1.29 is 23.1 Å². The summed E-state index contributed by atoms with van der Waals surface area (Å²) in [5.41, 5.74) is 6.68. The first-order valence-electron chi connectivity index (χ1n) is 11.7. The molecule has 3 aromatic carbocycles. The van der Waals surface area contributed by atoms with E-state index in [1.165, 1.54) is 22.3 Å². The van der Waals surface area contributed by atoms with Gasteiger partial charge in [0.2, 0.25) is 0 Å². The van der Waals surface area contributed by atoms with Crippen molar-refractivity contribution in [3.63, 3.8) is 0 Å². The van der Waals surface area contributed by atoms with E-state index in [4.69, 9.17) is 4.74 Å². The van der Waals surface area contributed by atoms with Crippen molar-refractivity contribution in [2.75, 3.05) is 6.61 Å². The Morgan fingerprint density at radius 2 is 1.55 bits per heavy atom. The molecule has 1 aliphatic rings. The summed E-state index contributed by atoms with van der Waals surface area (Å²) in [6.07, 6.45) is 9.02. The van der Waals surface area contributed by atoms with Crippen LogP contribution in [0.4, 0.5) is 0 Å². The topological polar surface area (TPSA) is 9.23 Å². The van der Waals surface area contributed by atoms with E-state index in [-0.39, 0.29) is 6.66 Å². The van der Waals surface area contributed by atoms with Gasteiger partial charge in [-0.2, -0.15) is 0 Å². The molecule has 1 unspecified atom stereocenters. The monoisotopic (exact) mass is 486 g/mol. The van der Waals surface area contributed by atoms with E-state index in [1.54, 1.807) is 5.56 Å².